The maximum Gasteiger partial charge on any atom is 0.171 e. The van der Waals surface area contributed by atoms with Crippen LogP contribution in [0.15, 0.2) is 42.5 Å². The molecule has 2 aromatic carbocycles. The van der Waals surface area contributed by atoms with E-state index >= 15 is 0 Å². The maximum absolute atomic E-state index is 13.9. The van der Waals surface area contributed by atoms with Gasteiger partial charge in [0.25, 0.3) is 0 Å². The van der Waals surface area contributed by atoms with Crippen LogP contribution >= 0.6 is 0 Å². The molecule has 0 saturated heterocycles. The summed E-state index contributed by atoms with van der Waals surface area (Å²) in [5, 5.41) is 8.93. The van der Waals surface area contributed by atoms with Crippen LogP contribution in [0.2, 0.25) is 0 Å². The molecule has 0 radical (unpaired) electrons. The van der Waals surface area contributed by atoms with Gasteiger partial charge in [-0.25, -0.2) is 4.39 Å². The molecule has 0 aliphatic carbocycles. The molecule has 0 fully saturated rings. The van der Waals surface area contributed by atoms with Crippen LogP contribution in [0.25, 0.3) is 0 Å². The zero-order chi connectivity index (χ0) is 13.7. The standard InChI is InChI=1S/C15H15FO3/c1-18-14-4-2-3-12(15(14)16)10-19-13-7-5-11(9-17)6-8-13/h2-8,17H,9-10H2,1H3. The van der Waals surface area contributed by atoms with E-state index in [0.717, 1.165) is 5.56 Å². The first-order valence-electron chi connectivity index (χ1n) is 5.88. The van der Waals surface area contributed by atoms with Crippen LogP contribution in [0.3, 0.4) is 0 Å². The third-order valence-corrected chi connectivity index (χ3v) is 2.76. The lowest BCUT2D eigenvalue weighted by atomic mass is 10.2. The summed E-state index contributed by atoms with van der Waals surface area (Å²) in [6, 6.07) is 11.9. The number of methoxy groups -OCH3 is 1. The predicted molar refractivity (Wildman–Crippen MR) is 69.6 cm³/mol. The van der Waals surface area contributed by atoms with Crippen molar-refractivity contribution in [3.8, 4) is 11.5 Å². The average molecular weight is 262 g/mol. The van der Waals surface area contributed by atoms with E-state index in [9.17, 15) is 4.39 Å². The van der Waals surface area contributed by atoms with Gasteiger partial charge in [0.1, 0.15) is 12.4 Å². The quantitative estimate of drug-likeness (QED) is 0.900. The van der Waals surface area contributed by atoms with Crippen LogP contribution in [0, 0.1) is 5.82 Å². The lowest BCUT2D eigenvalue weighted by Crippen LogP contribution is -2.00. The lowest BCUT2D eigenvalue weighted by molar-refractivity contribution is 0.280. The first-order chi connectivity index (χ1) is 9.24. The molecule has 2 rings (SSSR count). The second-order valence-electron chi connectivity index (χ2n) is 4.02. The van der Waals surface area contributed by atoms with Crippen LogP contribution in [0.5, 0.6) is 11.5 Å². The van der Waals surface area contributed by atoms with Crippen molar-refractivity contribution in [2.24, 2.45) is 0 Å². The van der Waals surface area contributed by atoms with Gasteiger partial charge in [-0.15, -0.1) is 0 Å². The van der Waals surface area contributed by atoms with Crippen molar-refractivity contribution in [1.82, 2.24) is 0 Å². The van der Waals surface area contributed by atoms with Gasteiger partial charge in [-0.05, 0) is 23.8 Å². The van der Waals surface area contributed by atoms with Gasteiger partial charge >= 0.3 is 0 Å². The van der Waals surface area contributed by atoms with Crippen molar-refractivity contribution in [2.45, 2.75) is 13.2 Å². The molecule has 0 atom stereocenters. The van der Waals surface area contributed by atoms with Gasteiger partial charge in [-0.1, -0.05) is 24.3 Å². The second-order valence-corrected chi connectivity index (χ2v) is 4.02. The number of benzene rings is 2. The molecule has 0 aliphatic rings. The van der Waals surface area contributed by atoms with Crippen molar-refractivity contribution >= 4 is 0 Å². The summed E-state index contributed by atoms with van der Waals surface area (Å²) in [4.78, 5) is 0. The minimum Gasteiger partial charge on any atom is -0.494 e. The smallest absolute Gasteiger partial charge is 0.171 e. The minimum absolute atomic E-state index is 0.00913. The van der Waals surface area contributed by atoms with Crippen molar-refractivity contribution in [3.05, 3.63) is 59.4 Å². The molecular formula is C15H15FO3. The fourth-order valence-corrected chi connectivity index (χ4v) is 1.68. The molecule has 0 unspecified atom stereocenters. The van der Waals surface area contributed by atoms with Crippen molar-refractivity contribution in [3.63, 3.8) is 0 Å². The molecule has 0 aromatic heterocycles. The van der Waals surface area contributed by atoms with E-state index < -0.39 is 5.82 Å². The summed E-state index contributed by atoms with van der Waals surface area (Å²) >= 11 is 0. The van der Waals surface area contributed by atoms with Crippen LogP contribution < -0.4 is 9.47 Å². The summed E-state index contributed by atoms with van der Waals surface area (Å²) in [5.74, 6) is 0.424. The number of hydrogen-bond donors (Lipinski definition) is 1. The Labute approximate surface area is 111 Å². The molecule has 0 spiro atoms. The molecule has 4 heteroatoms. The van der Waals surface area contributed by atoms with Gasteiger partial charge in [0.15, 0.2) is 11.6 Å². The average Bonchev–Trinajstić information content (AvgIpc) is 2.47. The van der Waals surface area contributed by atoms with Gasteiger partial charge in [0, 0.05) is 5.56 Å². The number of hydrogen-bond acceptors (Lipinski definition) is 3. The summed E-state index contributed by atoms with van der Waals surface area (Å²) in [5.41, 5.74) is 1.24. The molecule has 100 valence electrons. The largest absolute Gasteiger partial charge is 0.494 e. The normalized spacial score (nSPS) is 10.3. The first-order valence-corrected chi connectivity index (χ1v) is 5.88. The fourth-order valence-electron chi connectivity index (χ4n) is 1.68. The Morgan fingerprint density at radius 2 is 1.84 bits per heavy atom. The number of aliphatic hydroxyl groups is 1. The van der Waals surface area contributed by atoms with Gasteiger partial charge in [-0.3, -0.25) is 0 Å². The highest BCUT2D eigenvalue weighted by molar-refractivity contribution is 5.32. The molecule has 0 heterocycles. The molecule has 1 N–H and O–H groups in total. The Morgan fingerprint density at radius 3 is 2.47 bits per heavy atom. The third-order valence-electron chi connectivity index (χ3n) is 2.76. The monoisotopic (exact) mass is 262 g/mol. The van der Waals surface area contributed by atoms with Crippen LogP contribution in [-0.2, 0) is 13.2 Å². The molecule has 0 bridgehead atoms. The molecule has 0 aliphatic heterocycles. The van der Waals surface area contributed by atoms with Crippen molar-refractivity contribution < 1.29 is 19.0 Å². The number of ether oxygens (including phenoxy) is 2. The summed E-state index contributed by atoms with van der Waals surface area (Å²) < 4.78 is 24.3. The summed E-state index contributed by atoms with van der Waals surface area (Å²) in [6.45, 7) is 0.117. The van der Waals surface area contributed by atoms with Crippen molar-refractivity contribution in [1.29, 1.82) is 0 Å². The summed E-state index contributed by atoms with van der Waals surface area (Å²) in [7, 11) is 1.43. The van der Waals surface area contributed by atoms with Crippen LogP contribution in [0.4, 0.5) is 4.39 Å². The number of aliphatic hydroxyl groups excluding tert-OH is 1. The van der Waals surface area contributed by atoms with Gasteiger partial charge in [0.2, 0.25) is 0 Å². The Balaban J connectivity index is 2.05. The SMILES string of the molecule is COc1cccc(COc2ccc(CO)cc2)c1F. The second kappa shape index (κ2) is 6.20. The predicted octanol–water partition coefficient (Wildman–Crippen LogP) is 2.91. The number of halogens is 1. The van der Waals surface area contributed by atoms with E-state index in [4.69, 9.17) is 14.6 Å². The van der Waals surface area contributed by atoms with Crippen LogP contribution in [-0.4, -0.2) is 12.2 Å². The van der Waals surface area contributed by atoms with E-state index in [1.165, 1.54) is 7.11 Å². The highest BCUT2D eigenvalue weighted by Gasteiger charge is 2.08. The fraction of sp³-hybridized carbons (Fsp3) is 0.200. The zero-order valence-electron chi connectivity index (χ0n) is 10.6. The minimum atomic E-state index is -0.406. The molecular weight excluding hydrogens is 247 g/mol. The Morgan fingerprint density at radius 1 is 1.11 bits per heavy atom. The first kappa shape index (κ1) is 13.4. The molecule has 19 heavy (non-hydrogen) atoms. The van der Waals surface area contributed by atoms with E-state index in [0.29, 0.717) is 11.3 Å². The molecule has 2 aromatic rings. The Hall–Kier alpha value is -2.07. The van der Waals surface area contributed by atoms with Gasteiger partial charge in [0.05, 0.1) is 13.7 Å². The zero-order valence-corrected chi connectivity index (χ0v) is 10.6. The van der Waals surface area contributed by atoms with Gasteiger partial charge < -0.3 is 14.6 Å². The highest BCUT2D eigenvalue weighted by atomic mass is 19.1. The van der Waals surface area contributed by atoms with E-state index in [1.807, 2.05) is 0 Å². The molecule has 0 saturated carbocycles. The number of rotatable bonds is 5. The third kappa shape index (κ3) is 3.23. The summed E-state index contributed by atoms with van der Waals surface area (Å²) in [6.07, 6.45) is 0. The molecule has 3 nitrogen and oxygen atoms in total. The Kier molecular flexibility index (Phi) is 4.36. The lowest BCUT2D eigenvalue weighted by Gasteiger charge is -2.09. The van der Waals surface area contributed by atoms with Gasteiger partial charge in [-0.2, -0.15) is 0 Å². The van der Waals surface area contributed by atoms with E-state index in [-0.39, 0.29) is 19.0 Å². The van der Waals surface area contributed by atoms with E-state index in [2.05, 4.69) is 0 Å². The van der Waals surface area contributed by atoms with Crippen molar-refractivity contribution in [2.75, 3.05) is 7.11 Å². The van der Waals surface area contributed by atoms with Crippen LogP contribution in [0.1, 0.15) is 11.1 Å². The Bertz CT molecular complexity index is 538. The molecule has 0 amide bonds. The maximum atomic E-state index is 13.9. The highest BCUT2D eigenvalue weighted by Crippen LogP contribution is 2.21. The topological polar surface area (TPSA) is 38.7 Å². The van der Waals surface area contributed by atoms with E-state index in [1.54, 1.807) is 42.5 Å².